The summed E-state index contributed by atoms with van der Waals surface area (Å²) in [5.41, 5.74) is 2.34. The van der Waals surface area contributed by atoms with Crippen molar-refractivity contribution in [2.24, 2.45) is 5.92 Å². The van der Waals surface area contributed by atoms with E-state index in [1.807, 2.05) is 4.57 Å². The third kappa shape index (κ3) is 10.5. The summed E-state index contributed by atoms with van der Waals surface area (Å²) in [5.74, 6) is 0.484. The number of hydrogen-bond donors (Lipinski definition) is 0. The van der Waals surface area contributed by atoms with Crippen LogP contribution in [-0.2, 0) is 34.3 Å². The van der Waals surface area contributed by atoms with Crippen molar-refractivity contribution in [1.82, 2.24) is 14.3 Å². The minimum atomic E-state index is -2.99. The number of ether oxygens (including phenoxy) is 5. The van der Waals surface area contributed by atoms with Crippen LogP contribution in [0.4, 0.5) is 8.78 Å². The number of fused-ring (bicyclic) bond motifs is 1. The molecule has 0 spiro atoms. The molecule has 0 N–H and O–H groups in total. The van der Waals surface area contributed by atoms with Crippen LogP contribution in [0, 0.1) is 5.92 Å². The monoisotopic (exact) mass is 679 g/mol. The molecule has 2 heterocycles. The second-order valence-electron chi connectivity index (χ2n) is 14.9. The smallest absolute Gasteiger partial charge is 0.387 e. The molecule has 256 valence electrons. The van der Waals surface area contributed by atoms with E-state index in [-0.39, 0.29) is 49.1 Å². The van der Waals surface area contributed by atoms with Crippen LogP contribution in [0.3, 0.4) is 0 Å². The van der Waals surface area contributed by atoms with Crippen molar-refractivity contribution in [3.63, 3.8) is 0 Å². The maximum absolute atomic E-state index is 14.1. The highest BCUT2D eigenvalue weighted by atomic mass is 28.3. The molecule has 13 heteroatoms. The largest absolute Gasteiger partial charge is 0.487 e. The van der Waals surface area contributed by atoms with E-state index in [2.05, 4.69) is 58.2 Å². The van der Waals surface area contributed by atoms with Crippen molar-refractivity contribution in [3.8, 4) is 22.8 Å². The number of halogens is 2. The highest BCUT2D eigenvalue weighted by Gasteiger charge is 2.28. The third-order valence-electron chi connectivity index (χ3n) is 7.55. The van der Waals surface area contributed by atoms with Gasteiger partial charge in [-0.05, 0) is 49.0 Å². The van der Waals surface area contributed by atoms with Crippen LogP contribution in [0.25, 0.3) is 22.2 Å². The Balaban J connectivity index is 1.84. The van der Waals surface area contributed by atoms with Crippen LogP contribution in [0.2, 0.25) is 51.4 Å². The molecular formula is C33H51F2N3O6Si2. The molecule has 2 aromatic heterocycles. The van der Waals surface area contributed by atoms with Gasteiger partial charge >= 0.3 is 6.61 Å². The summed E-state index contributed by atoms with van der Waals surface area (Å²) in [6.07, 6.45) is 3.33. The van der Waals surface area contributed by atoms with Crippen molar-refractivity contribution in [1.29, 1.82) is 0 Å². The molecule has 3 aromatic rings. The van der Waals surface area contributed by atoms with Crippen LogP contribution < -0.4 is 15.0 Å². The SMILES string of the molecule is CC(C)COCc1c(-c2ccc(OC(F)F)c(OC3CC3)c2)n(COCC[Si](C)(C)C)c2cnn(COCC[Si](C)(C)C)c(=O)c12. The van der Waals surface area contributed by atoms with E-state index in [0.717, 1.165) is 24.9 Å². The molecule has 0 unspecified atom stereocenters. The zero-order chi connectivity index (χ0) is 33.6. The van der Waals surface area contributed by atoms with Gasteiger partial charge in [0.15, 0.2) is 11.5 Å². The average Bonchev–Trinajstić information content (AvgIpc) is 3.70. The van der Waals surface area contributed by atoms with Gasteiger partial charge in [-0.3, -0.25) is 4.79 Å². The summed E-state index contributed by atoms with van der Waals surface area (Å²) in [5, 5.41) is 4.96. The van der Waals surface area contributed by atoms with Crippen LogP contribution in [0.1, 0.15) is 32.3 Å². The summed E-state index contributed by atoms with van der Waals surface area (Å²) < 4.78 is 59.0. The van der Waals surface area contributed by atoms with Gasteiger partial charge in [0.25, 0.3) is 5.56 Å². The van der Waals surface area contributed by atoms with Crippen molar-refractivity contribution < 1.29 is 32.5 Å². The fourth-order valence-electron chi connectivity index (χ4n) is 4.83. The first-order valence-electron chi connectivity index (χ1n) is 16.2. The number of rotatable bonds is 19. The Hall–Kier alpha value is -2.59. The molecule has 1 fully saturated rings. The van der Waals surface area contributed by atoms with Gasteiger partial charge in [0.2, 0.25) is 0 Å². The topological polar surface area (TPSA) is 86.0 Å². The maximum Gasteiger partial charge on any atom is 0.387 e. The van der Waals surface area contributed by atoms with E-state index in [1.54, 1.807) is 18.3 Å². The molecule has 9 nitrogen and oxygen atoms in total. The lowest BCUT2D eigenvalue weighted by atomic mass is 10.1. The molecule has 0 amide bonds. The van der Waals surface area contributed by atoms with E-state index in [1.165, 1.54) is 10.7 Å². The highest BCUT2D eigenvalue weighted by molar-refractivity contribution is 6.76. The van der Waals surface area contributed by atoms with E-state index in [4.69, 9.17) is 23.7 Å². The number of hydrogen-bond acceptors (Lipinski definition) is 7. The quantitative estimate of drug-likeness (QED) is 0.0944. The van der Waals surface area contributed by atoms with Crippen LogP contribution in [0.5, 0.6) is 11.5 Å². The number of alkyl halides is 2. The van der Waals surface area contributed by atoms with Gasteiger partial charge in [-0.2, -0.15) is 13.9 Å². The lowest BCUT2D eigenvalue weighted by Crippen LogP contribution is -2.26. The Labute approximate surface area is 273 Å². The van der Waals surface area contributed by atoms with E-state index >= 15 is 0 Å². The fourth-order valence-corrected chi connectivity index (χ4v) is 6.35. The van der Waals surface area contributed by atoms with E-state index < -0.39 is 22.8 Å². The Morgan fingerprint density at radius 1 is 0.935 bits per heavy atom. The zero-order valence-electron chi connectivity index (χ0n) is 28.7. The standard InChI is InChI=1S/C33H51F2N3O6Si2/c1-23(2)19-42-20-26-30-27(18-36-38(32(30)39)22-41-14-16-46(6,7)8)37(21-40-13-15-45(3,4)5)31(26)24-9-12-28(44-33(34)35)29(17-24)43-25-10-11-25/h9,12,17-18,23,25,33H,10-11,13-16,19-22H2,1-8H3. The summed E-state index contributed by atoms with van der Waals surface area (Å²) >= 11 is 0. The van der Waals surface area contributed by atoms with Gasteiger partial charge < -0.3 is 28.3 Å². The van der Waals surface area contributed by atoms with Gasteiger partial charge in [-0.1, -0.05) is 53.1 Å². The highest BCUT2D eigenvalue weighted by Crippen LogP contribution is 2.40. The first-order chi connectivity index (χ1) is 21.6. The molecule has 0 saturated heterocycles. The molecule has 46 heavy (non-hydrogen) atoms. The molecule has 1 aromatic carbocycles. The Kier molecular flexibility index (Phi) is 12.2. The number of nitrogens with zero attached hydrogens (tertiary/aromatic N) is 3. The average molecular weight is 680 g/mol. The van der Waals surface area contributed by atoms with Gasteiger partial charge in [0.05, 0.1) is 35.5 Å². The third-order valence-corrected chi connectivity index (χ3v) is 11.0. The second kappa shape index (κ2) is 15.5. The molecule has 0 atom stereocenters. The van der Waals surface area contributed by atoms with Crippen LogP contribution >= 0.6 is 0 Å². The van der Waals surface area contributed by atoms with Gasteiger partial charge in [0.1, 0.15) is 13.5 Å². The molecule has 0 bridgehead atoms. The Morgan fingerprint density at radius 3 is 2.17 bits per heavy atom. The normalized spacial score (nSPS) is 14.2. The fraction of sp³-hybridized carbons (Fsp3) is 0.636. The zero-order valence-corrected chi connectivity index (χ0v) is 30.7. The minimum Gasteiger partial charge on any atom is -0.487 e. The van der Waals surface area contributed by atoms with Crippen LogP contribution in [0.15, 0.2) is 29.2 Å². The van der Waals surface area contributed by atoms with Gasteiger partial charge in [-0.25, -0.2) is 4.68 Å². The predicted molar refractivity (Wildman–Crippen MR) is 182 cm³/mol. The van der Waals surface area contributed by atoms with Crippen molar-refractivity contribution in [3.05, 3.63) is 40.3 Å². The van der Waals surface area contributed by atoms with Crippen LogP contribution in [-0.4, -0.2) is 63.0 Å². The van der Waals surface area contributed by atoms with E-state index in [9.17, 15) is 13.6 Å². The molecule has 0 radical (unpaired) electrons. The summed E-state index contributed by atoms with van der Waals surface area (Å²) in [7, 11) is -2.66. The molecular weight excluding hydrogens is 629 g/mol. The first kappa shape index (κ1) is 36.3. The molecule has 1 saturated carbocycles. The lowest BCUT2D eigenvalue weighted by molar-refractivity contribution is -0.0516. The minimum absolute atomic E-state index is 0.0307. The lowest BCUT2D eigenvalue weighted by Gasteiger charge is -2.18. The first-order valence-corrected chi connectivity index (χ1v) is 23.6. The van der Waals surface area contributed by atoms with Crippen molar-refractivity contribution >= 4 is 27.1 Å². The maximum atomic E-state index is 14.1. The van der Waals surface area contributed by atoms with Gasteiger partial charge in [0, 0.05) is 47.1 Å². The van der Waals surface area contributed by atoms with Crippen molar-refractivity contribution in [2.45, 2.75) is 111 Å². The molecule has 0 aliphatic heterocycles. The van der Waals surface area contributed by atoms with Crippen molar-refractivity contribution in [2.75, 3.05) is 19.8 Å². The molecule has 1 aliphatic carbocycles. The summed E-state index contributed by atoms with van der Waals surface area (Å²) in [6, 6.07) is 6.87. The number of aromatic nitrogens is 3. The molecule has 1 aliphatic rings. The Morgan fingerprint density at radius 2 is 1.59 bits per heavy atom. The summed E-state index contributed by atoms with van der Waals surface area (Å²) in [6.45, 7) is 16.8. The molecule has 4 rings (SSSR count). The Bertz CT molecular complexity index is 1510. The second-order valence-corrected chi connectivity index (χ2v) is 26.2. The summed E-state index contributed by atoms with van der Waals surface area (Å²) in [4.78, 5) is 14.1. The number of benzene rings is 1. The van der Waals surface area contributed by atoms with Gasteiger partial charge in [-0.15, -0.1) is 0 Å². The van der Waals surface area contributed by atoms with E-state index in [0.29, 0.717) is 47.5 Å². The predicted octanol–water partition coefficient (Wildman–Crippen LogP) is 7.80.